The monoisotopic (exact) mass is 426 g/mol. The average molecular weight is 427 g/mol. The number of pyridine rings is 1. The Morgan fingerprint density at radius 2 is 1.87 bits per heavy atom. The van der Waals surface area contributed by atoms with Gasteiger partial charge in [-0.1, -0.05) is 41.9 Å². The lowest BCUT2D eigenvalue weighted by atomic mass is 9.99. The summed E-state index contributed by atoms with van der Waals surface area (Å²) in [7, 11) is 1.38. The minimum Gasteiger partial charge on any atom is -0.465 e. The van der Waals surface area contributed by atoms with Gasteiger partial charge in [-0.2, -0.15) is 0 Å². The van der Waals surface area contributed by atoms with Crippen LogP contribution in [0.4, 0.5) is 0 Å². The molecule has 0 N–H and O–H groups in total. The van der Waals surface area contributed by atoms with E-state index in [1.54, 1.807) is 12.1 Å². The first-order valence-corrected chi connectivity index (χ1v) is 10.3. The van der Waals surface area contributed by atoms with E-state index in [0.717, 1.165) is 38.6 Å². The second-order valence-electron chi connectivity index (χ2n) is 7.43. The molecular formula is C26H19ClN2O2. The molecule has 5 rings (SSSR count). The molecule has 2 heterocycles. The zero-order valence-corrected chi connectivity index (χ0v) is 17.6. The van der Waals surface area contributed by atoms with Gasteiger partial charge in [0.15, 0.2) is 0 Å². The fraction of sp³-hybridized carbons (Fsp3) is 0.0769. The Labute approximate surface area is 184 Å². The molecule has 0 saturated carbocycles. The fourth-order valence-electron chi connectivity index (χ4n) is 3.94. The SMILES string of the molecule is COC(=O)c1cc(Cl)ccc1Cc1ccc2c(ccn2-c2cnc3ccccc3c2)c1. The summed E-state index contributed by atoms with van der Waals surface area (Å²) in [6.07, 6.45) is 4.56. The summed E-state index contributed by atoms with van der Waals surface area (Å²) in [5.41, 5.74) is 5.59. The molecular weight excluding hydrogens is 408 g/mol. The van der Waals surface area contributed by atoms with Crippen LogP contribution in [0.5, 0.6) is 0 Å². The molecule has 0 radical (unpaired) electrons. The lowest BCUT2D eigenvalue weighted by Gasteiger charge is -2.10. The summed E-state index contributed by atoms with van der Waals surface area (Å²) in [5.74, 6) is -0.381. The number of carbonyl (C=O) groups is 1. The van der Waals surface area contributed by atoms with Crippen LogP contribution < -0.4 is 0 Å². The summed E-state index contributed by atoms with van der Waals surface area (Å²) in [4.78, 5) is 16.7. The molecule has 0 aliphatic rings. The molecule has 0 bridgehead atoms. The molecule has 0 aliphatic heterocycles. The van der Waals surface area contributed by atoms with Crippen LogP contribution in [0.3, 0.4) is 0 Å². The number of para-hydroxylation sites is 1. The van der Waals surface area contributed by atoms with Gasteiger partial charge in [-0.05, 0) is 60.0 Å². The number of rotatable bonds is 4. The van der Waals surface area contributed by atoms with Crippen LogP contribution in [0.1, 0.15) is 21.5 Å². The number of fused-ring (bicyclic) bond motifs is 2. The van der Waals surface area contributed by atoms with E-state index in [0.29, 0.717) is 17.0 Å². The van der Waals surface area contributed by atoms with E-state index in [1.807, 2.05) is 30.5 Å². The third-order valence-electron chi connectivity index (χ3n) is 5.48. The van der Waals surface area contributed by atoms with Crippen LogP contribution in [0.15, 0.2) is 85.2 Å². The summed E-state index contributed by atoms with van der Waals surface area (Å²) in [6, 6.07) is 24.0. The first kappa shape index (κ1) is 19.3. The number of hydrogen-bond acceptors (Lipinski definition) is 3. The molecule has 0 saturated heterocycles. The van der Waals surface area contributed by atoms with Gasteiger partial charge in [-0.3, -0.25) is 4.98 Å². The molecule has 3 aromatic carbocycles. The smallest absolute Gasteiger partial charge is 0.338 e. The maximum absolute atomic E-state index is 12.2. The number of aromatic nitrogens is 2. The molecule has 0 amide bonds. The molecule has 0 unspecified atom stereocenters. The number of nitrogens with zero attached hydrogens (tertiary/aromatic N) is 2. The minimum absolute atomic E-state index is 0.381. The van der Waals surface area contributed by atoms with Gasteiger partial charge in [0, 0.05) is 22.0 Å². The van der Waals surface area contributed by atoms with E-state index < -0.39 is 0 Å². The van der Waals surface area contributed by atoms with Crippen molar-refractivity contribution in [3.05, 3.63) is 107 Å². The van der Waals surface area contributed by atoms with Gasteiger partial charge in [-0.15, -0.1) is 0 Å². The lowest BCUT2D eigenvalue weighted by molar-refractivity contribution is 0.0599. The number of hydrogen-bond donors (Lipinski definition) is 0. The van der Waals surface area contributed by atoms with E-state index in [-0.39, 0.29) is 5.97 Å². The lowest BCUT2D eigenvalue weighted by Crippen LogP contribution is -2.06. The molecule has 0 atom stereocenters. The highest BCUT2D eigenvalue weighted by Crippen LogP contribution is 2.26. The number of ether oxygens (including phenoxy) is 1. The number of methoxy groups -OCH3 is 1. The topological polar surface area (TPSA) is 44.1 Å². The van der Waals surface area contributed by atoms with Crippen molar-refractivity contribution in [2.45, 2.75) is 6.42 Å². The van der Waals surface area contributed by atoms with Gasteiger partial charge < -0.3 is 9.30 Å². The Balaban J connectivity index is 1.51. The maximum Gasteiger partial charge on any atom is 0.338 e. The zero-order chi connectivity index (χ0) is 21.4. The first-order valence-electron chi connectivity index (χ1n) is 9.94. The van der Waals surface area contributed by atoms with Crippen molar-refractivity contribution in [1.82, 2.24) is 9.55 Å². The molecule has 5 aromatic rings. The van der Waals surface area contributed by atoms with E-state index in [1.165, 1.54) is 7.11 Å². The van der Waals surface area contributed by atoms with Gasteiger partial charge in [0.05, 0.1) is 35.6 Å². The summed E-state index contributed by atoms with van der Waals surface area (Å²) in [5, 5.41) is 2.75. The van der Waals surface area contributed by atoms with Crippen molar-refractivity contribution >= 4 is 39.4 Å². The highest BCUT2D eigenvalue weighted by molar-refractivity contribution is 6.31. The van der Waals surface area contributed by atoms with Crippen LogP contribution in [0.2, 0.25) is 5.02 Å². The summed E-state index contributed by atoms with van der Waals surface area (Å²) >= 11 is 6.08. The zero-order valence-electron chi connectivity index (χ0n) is 16.9. The molecule has 2 aromatic heterocycles. The standard InChI is InChI=1S/C26H19ClN2O2/c1-31-26(30)23-15-21(27)8-7-18(23)12-17-6-9-25-20(13-17)10-11-29(25)22-14-19-4-2-3-5-24(19)28-16-22/h2-11,13-16H,12H2,1H3. The van der Waals surface area contributed by atoms with Gasteiger partial charge in [0.25, 0.3) is 0 Å². The summed E-state index contributed by atoms with van der Waals surface area (Å²) in [6.45, 7) is 0. The Morgan fingerprint density at radius 1 is 1.00 bits per heavy atom. The van der Waals surface area contributed by atoms with Crippen molar-refractivity contribution < 1.29 is 9.53 Å². The third-order valence-corrected chi connectivity index (χ3v) is 5.72. The van der Waals surface area contributed by atoms with Crippen LogP contribution in [-0.4, -0.2) is 22.6 Å². The average Bonchev–Trinajstić information content (AvgIpc) is 3.22. The van der Waals surface area contributed by atoms with Gasteiger partial charge in [0.2, 0.25) is 0 Å². The van der Waals surface area contributed by atoms with Crippen molar-refractivity contribution in [2.24, 2.45) is 0 Å². The molecule has 0 spiro atoms. The number of carbonyl (C=O) groups excluding carboxylic acids is 1. The van der Waals surface area contributed by atoms with Crippen molar-refractivity contribution in [1.29, 1.82) is 0 Å². The van der Waals surface area contributed by atoms with Crippen LogP contribution >= 0.6 is 11.6 Å². The molecule has 5 heteroatoms. The molecule has 152 valence electrons. The van der Waals surface area contributed by atoms with Crippen molar-refractivity contribution in [2.75, 3.05) is 7.11 Å². The maximum atomic E-state index is 12.2. The van der Waals surface area contributed by atoms with Crippen molar-refractivity contribution in [3.63, 3.8) is 0 Å². The highest BCUT2D eigenvalue weighted by Gasteiger charge is 2.14. The third kappa shape index (κ3) is 3.66. The van der Waals surface area contributed by atoms with E-state index in [9.17, 15) is 4.79 Å². The Hall–Kier alpha value is -3.63. The van der Waals surface area contributed by atoms with E-state index in [2.05, 4.69) is 52.1 Å². The van der Waals surface area contributed by atoms with Crippen LogP contribution in [0, 0.1) is 0 Å². The van der Waals surface area contributed by atoms with Gasteiger partial charge >= 0.3 is 5.97 Å². The number of halogens is 1. The Morgan fingerprint density at radius 3 is 2.74 bits per heavy atom. The first-order chi connectivity index (χ1) is 15.1. The quantitative estimate of drug-likeness (QED) is 0.321. The molecule has 0 aliphatic carbocycles. The Kier molecular flexibility index (Phi) is 4.92. The largest absolute Gasteiger partial charge is 0.465 e. The minimum atomic E-state index is -0.381. The Bertz CT molecular complexity index is 1440. The molecule has 4 nitrogen and oxygen atoms in total. The van der Waals surface area contributed by atoms with E-state index in [4.69, 9.17) is 16.3 Å². The predicted molar refractivity (Wildman–Crippen MR) is 124 cm³/mol. The normalized spacial score (nSPS) is 11.2. The molecule has 31 heavy (non-hydrogen) atoms. The van der Waals surface area contributed by atoms with E-state index >= 15 is 0 Å². The summed E-state index contributed by atoms with van der Waals surface area (Å²) < 4.78 is 7.06. The molecule has 0 fully saturated rings. The van der Waals surface area contributed by atoms with Gasteiger partial charge in [0.1, 0.15) is 0 Å². The number of benzene rings is 3. The fourth-order valence-corrected chi connectivity index (χ4v) is 4.11. The second-order valence-corrected chi connectivity index (χ2v) is 7.87. The second kappa shape index (κ2) is 7.89. The number of esters is 1. The van der Waals surface area contributed by atoms with Crippen LogP contribution in [0.25, 0.3) is 27.5 Å². The predicted octanol–water partition coefficient (Wildman–Crippen LogP) is 6.21. The highest BCUT2D eigenvalue weighted by atomic mass is 35.5. The van der Waals surface area contributed by atoms with Crippen LogP contribution in [-0.2, 0) is 11.2 Å². The van der Waals surface area contributed by atoms with Gasteiger partial charge in [-0.25, -0.2) is 4.79 Å². The van der Waals surface area contributed by atoms with Crippen molar-refractivity contribution in [3.8, 4) is 5.69 Å².